The van der Waals surface area contributed by atoms with E-state index >= 15 is 0 Å². The summed E-state index contributed by atoms with van der Waals surface area (Å²) >= 11 is 0. The standard InChI is InChI=1S/C20H21NO3/c22-19(13-5-7-14(8-6-13)20(23)24)17-11-15-3-1-9-21-10-2-4-16(12-17)18(15)21/h5-8,11-12,19,22H,1-4,9-10H2,(H,23,24). The summed E-state index contributed by atoms with van der Waals surface area (Å²) in [6, 6.07) is 10.8. The minimum atomic E-state index is -0.950. The monoisotopic (exact) mass is 323 g/mol. The number of benzene rings is 2. The van der Waals surface area contributed by atoms with Crippen molar-refractivity contribution in [1.82, 2.24) is 0 Å². The van der Waals surface area contributed by atoms with Gasteiger partial charge in [-0.15, -0.1) is 0 Å². The zero-order valence-electron chi connectivity index (χ0n) is 13.5. The van der Waals surface area contributed by atoms with Crippen LogP contribution in [-0.2, 0) is 12.8 Å². The van der Waals surface area contributed by atoms with Crippen LogP contribution in [0, 0.1) is 0 Å². The molecule has 0 spiro atoms. The van der Waals surface area contributed by atoms with E-state index in [-0.39, 0.29) is 5.56 Å². The van der Waals surface area contributed by atoms with Gasteiger partial charge in [-0.05, 0) is 60.1 Å². The van der Waals surface area contributed by atoms with Crippen LogP contribution >= 0.6 is 0 Å². The van der Waals surface area contributed by atoms with Crippen molar-refractivity contribution >= 4 is 11.7 Å². The second-order valence-electron chi connectivity index (χ2n) is 6.71. The molecule has 0 fully saturated rings. The van der Waals surface area contributed by atoms with Gasteiger partial charge in [0.2, 0.25) is 0 Å². The molecule has 2 aliphatic heterocycles. The number of hydrogen-bond donors (Lipinski definition) is 2. The first-order valence-corrected chi connectivity index (χ1v) is 8.55. The fraction of sp³-hybridized carbons (Fsp3) is 0.350. The third-order valence-electron chi connectivity index (χ3n) is 5.14. The molecular formula is C20H21NO3. The van der Waals surface area contributed by atoms with E-state index in [9.17, 15) is 9.90 Å². The Hall–Kier alpha value is -2.33. The topological polar surface area (TPSA) is 60.8 Å². The molecule has 0 aromatic heterocycles. The number of aromatic carboxylic acids is 1. The Morgan fingerprint density at radius 2 is 1.54 bits per heavy atom. The first-order chi connectivity index (χ1) is 11.6. The highest BCUT2D eigenvalue weighted by atomic mass is 16.4. The van der Waals surface area contributed by atoms with Gasteiger partial charge < -0.3 is 15.1 Å². The summed E-state index contributed by atoms with van der Waals surface area (Å²) in [5, 5.41) is 19.8. The summed E-state index contributed by atoms with van der Waals surface area (Å²) in [5.41, 5.74) is 5.96. The third-order valence-corrected chi connectivity index (χ3v) is 5.14. The molecule has 1 atom stereocenters. The average Bonchev–Trinajstić information content (AvgIpc) is 2.61. The lowest BCUT2D eigenvalue weighted by atomic mass is 9.88. The number of aliphatic hydroxyl groups excluding tert-OH is 1. The van der Waals surface area contributed by atoms with Crippen LogP contribution < -0.4 is 4.90 Å². The van der Waals surface area contributed by atoms with Crippen LogP contribution in [0.25, 0.3) is 0 Å². The Labute approximate surface area is 141 Å². The Morgan fingerprint density at radius 3 is 2.08 bits per heavy atom. The predicted molar refractivity (Wildman–Crippen MR) is 92.8 cm³/mol. The molecular weight excluding hydrogens is 302 g/mol. The highest BCUT2D eigenvalue weighted by Crippen LogP contribution is 2.38. The summed E-state index contributed by atoms with van der Waals surface area (Å²) < 4.78 is 0. The van der Waals surface area contributed by atoms with Crippen LogP contribution in [0.5, 0.6) is 0 Å². The van der Waals surface area contributed by atoms with Gasteiger partial charge in [-0.2, -0.15) is 0 Å². The summed E-state index contributed by atoms with van der Waals surface area (Å²) in [5.74, 6) is -0.950. The van der Waals surface area contributed by atoms with Crippen molar-refractivity contribution in [3.8, 4) is 0 Å². The molecule has 0 bridgehead atoms. The van der Waals surface area contributed by atoms with E-state index in [1.165, 1.54) is 29.7 Å². The van der Waals surface area contributed by atoms with Gasteiger partial charge in [0, 0.05) is 18.8 Å². The average molecular weight is 323 g/mol. The second-order valence-corrected chi connectivity index (χ2v) is 6.71. The summed E-state index contributed by atoms with van der Waals surface area (Å²) in [7, 11) is 0. The Kier molecular flexibility index (Phi) is 3.77. The van der Waals surface area contributed by atoms with E-state index in [0.717, 1.165) is 37.1 Å². The van der Waals surface area contributed by atoms with Gasteiger partial charge in [0.05, 0.1) is 5.56 Å². The molecule has 2 N–H and O–H groups in total. The number of aliphatic hydroxyl groups is 1. The van der Waals surface area contributed by atoms with E-state index in [4.69, 9.17) is 5.11 Å². The molecule has 0 aliphatic carbocycles. The number of hydrogen-bond acceptors (Lipinski definition) is 3. The third kappa shape index (κ3) is 2.57. The molecule has 2 aliphatic rings. The van der Waals surface area contributed by atoms with Gasteiger partial charge >= 0.3 is 5.97 Å². The fourth-order valence-electron chi connectivity index (χ4n) is 3.99. The van der Waals surface area contributed by atoms with Crippen molar-refractivity contribution in [1.29, 1.82) is 0 Å². The summed E-state index contributed by atoms with van der Waals surface area (Å²) in [6.45, 7) is 2.27. The molecule has 2 aromatic rings. The minimum Gasteiger partial charge on any atom is -0.478 e. The smallest absolute Gasteiger partial charge is 0.335 e. The number of carboxylic acids is 1. The van der Waals surface area contributed by atoms with Gasteiger partial charge in [0.25, 0.3) is 0 Å². The zero-order valence-corrected chi connectivity index (χ0v) is 13.5. The number of carboxylic acid groups (broad SMARTS) is 1. The Bertz CT molecular complexity index is 751. The number of nitrogens with zero attached hydrogens (tertiary/aromatic N) is 1. The number of anilines is 1. The van der Waals surface area contributed by atoms with E-state index in [1.54, 1.807) is 24.3 Å². The molecule has 0 saturated heterocycles. The Balaban J connectivity index is 1.70. The van der Waals surface area contributed by atoms with Crippen molar-refractivity contribution in [2.75, 3.05) is 18.0 Å². The zero-order chi connectivity index (χ0) is 16.7. The number of carbonyl (C=O) groups is 1. The normalized spacial score (nSPS) is 17.3. The van der Waals surface area contributed by atoms with E-state index in [2.05, 4.69) is 17.0 Å². The molecule has 124 valence electrons. The molecule has 4 nitrogen and oxygen atoms in total. The highest BCUT2D eigenvalue weighted by molar-refractivity contribution is 5.87. The Morgan fingerprint density at radius 1 is 0.958 bits per heavy atom. The maximum Gasteiger partial charge on any atom is 0.335 e. The maximum atomic E-state index is 11.0. The van der Waals surface area contributed by atoms with Crippen LogP contribution in [-0.4, -0.2) is 29.3 Å². The van der Waals surface area contributed by atoms with Crippen LogP contribution in [0.2, 0.25) is 0 Å². The lowest BCUT2D eigenvalue weighted by Crippen LogP contribution is -2.34. The fourth-order valence-corrected chi connectivity index (χ4v) is 3.99. The van der Waals surface area contributed by atoms with Crippen LogP contribution in [0.1, 0.15) is 51.6 Å². The lowest BCUT2D eigenvalue weighted by Gasteiger charge is -2.37. The lowest BCUT2D eigenvalue weighted by molar-refractivity contribution is 0.0696. The van der Waals surface area contributed by atoms with Crippen molar-refractivity contribution in [3.63, 3.8) is 0 Å². The van der Waals surface area contributed by atoms with Crippen LogP contribution in [0.3, 0.4) is 0 Å². The van der Waals surface area contributed by atoms with E-state index in [0.29, 0.717) is 0 Å². The summed E-state index contributed by atoms with van der Waals surface area (Å²) in [6.07, 6.45) is 3.75. The van der Waals surface area contributed by atoms with Gasteiger partial charge in [-0.25, -0.2) is 4.79 Å². The molecule has 24 heavy (non-hydrogen) atoms. The van der Waals surface area contributed by atoms with Crippen molar-refractivity contribution in [3.05, 3.63) is 64.2 Å². The molecule has 0 saturated carbocycles. The largest absolute Gasteiger partial charge is 0.478 e. The molecule has 0 radical (unpaired) electrons. The maximum absolute atomic E-state index is 11.0. The molecule has 1 unspecified atom stereocenters. The van der Waals surface area contributed by atoms with Crippen LogP contribution in [0.15, 0.2) is 36.4 Å². The van der Waals surface area contributed by atoms with Gasteiger partial charge in [-0.3, -0.25) is 0 Å². The van der Waals surface area contributed by atoms with Gasteiger partial charge in [0.1, 0.15) is 6.10 Å². The SMILES string of the molecule is O=C(O)c1ccc(C(O)c2cc3c4c(c2)CCCN4CCC3)cc1. The first-order valence-electron chi connectivity index (χ1n) is 8.55. The molecule has 4 heteroatoms. The van der Waals surface area contributed by atoms with Gasteiger partial charge in [0.15, 0.2) is 0 Å². The van der Waals surface area contributed by atoms with E-state index < -0.39 is 12.1 Å². The molecule has 0 amide bonds. The minimum absolute atomic E-state index is 0.238. The number of aryl methyl sites for hydroxylation is 2. The predicted octanol–water partition coefficient (Wildman–Crippen LogP) is 3.17. The van der Waals surface area contributed by atoms with Gasteiger partial charge in [-0.1, -0.05) is 24.3 Å². The highest BCUT2D eigenvalue weighted by Gasteiger charge is 2.25. The quantitative estimate of drug-likeness (QED) is 0.911. The van der Waals surface area contributed by atoms with Crippen molar-refractivity contribution in [2.24, 2.45) is 0 Å². The molecule has 4 rings (SSSR count). The molecule has 2 aromatic carbocycles. The first kappa shape index (κ1) is 15.2. The van der Waals surface area contributed by atoms with Crippen molar-refractivity contribution < 1.29 is 15.0 Å². The molecule has 2 heterocycles. The number of rotatable bonds is 3. The van der Waals surface area contributed by atoms with E-state index in [1.807, 2.05) is 0 Å². The second kappa shape index (κ2) is 5.95. The van der Waals surface area contributed by atoms with Crippen molar-refractivity contribution in [2.45, 2.75) is 31.8 Å². The summed E-state index contributed by atoms with van der Waals surface area (Å²) in [4.78, 5) is 13.4. The van der Waals surface area contributed by atoms with Crippen LogP contribution in [0.4, 0.5) is 5.69 Å².